The van der Waals surface area contributed by atoms with Crippen molar-refractivity contribution in [1.29, 1.82) is 0 Å². The van der Waals surface area contributed by atoms with Crippen LogP contribution in [0.5, 0.6) is 0 Å². The molecule has 1 heterocycles. The zero-order chi connectivity index (χ0) is 12.3. The average Bonchev–Trinajstić information content (AvgIpc) is 2.77. The van der Waals surface area contributed by atoms with E-state index in [9.17, 15) is 0 Å². The summed E-state index contributed by atoms with van der Waals surface area (Å²) in [4.78, 5) is 4.11. The maximum absolute atomic E-state index is 8.88. The summed E-state index contributed by atoms with van der Waals surface area (Å²) in [5.41, 5.74) is 1.16. The minimum atomic E-state index is -0.185. The Bertz CT molecular complexity index is 477. The molecule has 0 amide bonds. The van der Waals surface area contributed by atoms with Crippen LogP contribution in [0.1, 0.15) is 31.1 Å². The van der Waals surface area contributed by atoms with Gasteiger partial charge in [-0.1, -0.05) is 49.3 Å². The number of hydrogen-bond donors (Lipinski definition) is 1. The second-order valence-corrected chi connectivity index (χ2v) is 4.69. The van der Waals surface area contributed by atoms with E-state index in [1.54, 1.807) is 0 Å². The number of nitrogens with zero attached hydrogens (tertiary/aromatic N) is 2. The van der Waals surface area contributed by atoms with E-state index >= 15 is 0 Å². The highest BCUT2D eigenvalue weighted by molar-refractivity contribution is 5.24. The summed E-state index contributed by atoms with van der Waals surface area (Å²) in [7, 11) is 0. The molecule has 1 aromatic carbocycles. The van der Waals surface area contributed by atoms with Crippen molar-refractivity contribution >= 4 is 0 Å². The molecule has 4 heteroatoms. The van der Waals surface area contributed by atoms with Gasteiger partial charge in [-0.15, -0.1) is 0 Å². The van der Waals surface area contributed by atoms with E-state index < -0.39 is 0 Å². The summed E-state index contributed by atoms with van der Waals surface area (Å²) < 4.78 is 5.09. The number of hydrogen-bond acceptors (Lipinski definition) is 4. The third-order valence-electron chi connectivity index (χ3n) is 2.80. The summed E-state index contributed by atoms with van der Waals surface area (Å²) >= 11 is 0. The van der Waals surface area contributed by atoms with Crippen LogP contribution in [0.4, 0.5) is 0 Å². The fourth-order valence-corrected chi connectivity index (χ4v) is 1.80. The number of aromatic nitrogens is 2. The lowest BCUT2D eigenvalue weighted by atomic mass is 9.81. The normalized spacial score (nSPS) is 11.7. The Hall–Kier alpha value is -1.68. The largest absolute Gasteiger partial charge is 0.388 e. The van der Waals surface area contributed by atoms with Gasteiger partial charge in [0.15, 0.2) is 5.82 Å². The predicted molar refractivity (Wildman–Crippen MR) is 63.4 cm³/mol. The van der Waals surface area contributed by atoms with E-state index in [0.717, 1.165) is 0 Å². The average molecular weight is 232 g/mol. The van der Waals surface area contributed by atoms with Crippen molar-refractivity contribution < 1.29 is 9.63 Å². The SMILES string of the molecule is CC(C)(Cc1nc(CO)no1)c1ccccc1. The van der Waals surface area contributed by atoms with Crippen molar-refractivity contribution in [2.75, 3.05) is 0 Å². The fraction of sp³-hybridized carbons (Fsp3) is 0.385. The van der Waals surface area contributed by atoms with Gasteiger partial charge in [0.25, 0.3) is 0 Å². The van der Waals surface area contributed by atoms with Crippen LogP contribution in [0.25, 0.3) is 0 Å². The molecule has 0 spiro atoms. The van der Waals surface area contributed by atoms with Crippen LogP contribution in [0.2, 0.25) is 0 Å². The lowest BCUT2D eigenvalue weighted by molar-refractivity contribution is 0.262. The monoisotopic (exact) mass is 232 g/mol. The van der Waals surface area contributed by atoms with Crippen molar-refractivity contribution in [1.82, 2.24) is 10.1 Å². The summed E-state index contributed by atoms with van der Waals surface area (Å²) in [5.74, 6) is 0.895. The van der Waals surface area contributed by atoms with E-state index in [2.05, 4.69) is 36.1 Å². The summed E-state index contributed by atoms with van der Waals surface area (Å²) in [6.07, 6.45) is 0.657. The van der Waals surface area contributed by atoms with Gasteiger partial charge in [-0.05, 0) is 11.0 Å². The standard InChI is InChI=1S/C13H16N2O2/c1-13(2,10-6-4-3-5-7-10)8-12-14-11(9-16)15-17-12/h3-7,16H,8-9H2,1-2H3. The van der Waals surface area contributed by atoms with Gasteiger partial charge in [0.05, 0.1) is 0 Å². The Kier molecular flexibility index (Phi) is 3.24. The molecule has 0 aliphatic rings. The topological polar surface area (TPSA) is 59.2 Å². The van der Waals surface area contributed by atoms with Crippen molar-refractivity contribution in [2.45, 2.75) is 32.3 Å². The minimum Gasteiger partial charge on any atom is -0.388 e. The zero-order valence-electron chi connectivity index (χ0n) is 10.1. The molecule has 90 valence electrons. The van der Waals surface area contributed by atoms with E-state index in [0.29, 0.717) is 18.1 Å². The Morgan fingerprint density at radius 3 is 2.53 bits per heavy atom. The van der Waals surface area contributed by atoms with Crippen LogP contribution in [0.15, 0.2) is 34.9 Å². The fourth-order valence-electron chi connectivity index (χ4n) is 1.80. The molecule has 0 atom stereocenters. The lowest BCUT2D eigenvalue weighted by Crippen LogP contribution is -2.20. The number of aliphatic hydroxyl groups excluding tert-OH is 1. The van der Waals surface area contributed by atoms with Gasteiger partial charge in [0, 0.05) is 6.42 Å². The Morgan fingerprint density at radius 2 is 1.94 bits per heavy atom. The first-order valence-electron chi connectivity index (χ1n) is 5.60. The highest BCUT2D eigenvalue weighted by atomic mass is 16.5. The van der Waals surface area contributed by atoms with Crippen molar-refractivity contribution in [3.05, 3.63) is 47.6 Å². The van der Waals surface area contributed by atoms with Crippen LogP contribution in [-0.2, 0) is 18.4 Å². The molecule has 0 fully saturated rings. The molecular formula is C13H16N2O2. The molecule has 2 rings (SSSR count). The molecule has 2 aromatic rings. The molecule has 0 saturated heterocycles. The zero-order valence-corrected chi connectivity index (χ0v) is 10.1. The Balaban J connectivity index is 2.17. The van der Waals surface area contributed by atoms with Gasteiger partial charge in [-0.3, -0.25) is 0 Å². The van der Waals surface area contributed by atoms with E-state index in [-0.39, 0.29) is 12.0 Å². The smallest absolute Gasteiger partial charge is 0.227 e. The van der Waals surface area contributed by atoms with Crippen LogP contribution < -0.4 is 0 Å². The van der Waals surface area contributed by atoms with Gasteiger partial charge in [-0.25, -0.2) is 0 Å². The molecule has 0 aliphatic carbocycles. The van der Waals surface area contributed by atoms with Crippen LogP contribution in [0, 0.1) is 0 Å². The lowest BCUT2D eigenvalue weighted by Gasteiger charge is -2.23. The molecule has 0 bridgehead atoms. The molecule has 0 saturated carbocycles. The summed E-state index contributed by atoms with van der Waals surface area (Å²) in [6, 6.07) is 10.2. The number of aliphatic hydroxyl groups is 1. The third-order valence-corrected chi connectivity index (χ3v) is 2.80. The molecule has 0 unspecified atom stereocenters. The minimum absolute atomic E-state index is 0.0689. The molecule has 4 nitrogen and oxygen atoms in total. The molecule has 17 heavy (non-hydrogen) atoms. The van der Waals surface area contributed by atoms with Crippen molar-refractivity contribution in [2.24, 2.45) is 0 Å². The first-order chi connectivity index (χ1) is 8.12. The van der Waals surface area contributed by atoms with Crippen molar-refractivity contribution in [3.8, 4) is 0 Å². The third kappa shape index (κ3) is 2.71. The second-order valence-electron chi connectivity index (χ2n) is 4.69. The Morgan fingerprint density at radius 1 is 1.24 bits per heavy atom. The molecular weight excluding hydrogens is 216 g/mol. The Labute approximate surface area is 100 Å². The maximum Gasteiger partial charge on any atom is 0.227 e. The highest BCUT2D eigenvalue weighted by Crippen LogP contribution is 2.26. The highest BCUT2D eigenvalue weighted by Gasteiger charge is 2.24. The molecule has 1 N–H and O–H groups in total. The van der Waals surface area contributed by atoms with E-state index in [1.165, 1.54) is 5.56 Å². The molecule has 1 aromatic heterocycles. The van der Waals surface area contributed by atoms with Crippen LogP contribution in [0.3, 0.4) is 0 Å². The summed E-state index contributed by atoms with van der Waals surface area (Å²) in [6.45, 7) is 4.07. The van der Waals surface area contributed by atoms with Gasteiger partial charge < -0.3 is 9.63 Å². The number of rotatable bonds is 4. The van der Waals surface area contributed by atoms with Gasteiger partial charge in [0.2, 0.25) is 5.89 Å². The summed E-state index contributed by atoms with van der Waals surface area (Å²) in [5, 5.41) is 12.6. The first-order valence-corrected chi connectivity index (χ1v) is 5.60. The predicted octanol–water partition coefficient (Wildman–Crippen LogP) is 2.08. The van der Waals surface area contributed by atoms with Gasteiger partial charge >= 0.3 is 0 Å². The van der Waals surface area contributed by atoms with Crippen LogP contribution >= 0.6 is 0 Å². The quantitative estimate of drug-likeness (QED) is 0.876. The van der Waals surface area contributed by atoms with Crippen molar-refractivity contribution in [3.63, 3.8) is 0 Å². The second kappa shape index (κ2) is 4.67. The van der Waals surface area contributed by atoms with Gasteiger partial charge in [-0.2, -0.15) is 4.98 Å². The first kappa shape index (κ1) is 11.8. The van der Waals surface area contributed by atoms with Gasteiger partial charge in [0.1, 0.15) is 6.61 Å². The van der Waals surface area contributed by atoms with E-state index in [4.69, 9.17) is 9.63 Å². The van der Waals surface area contributed by atoms with Crippen LogP contribution in [-0.4, -0.2) is 15.2 Å². The molecule has 0 radical (unpaired) electrons. The number of benzene rings is 1. The molecule has 0 aliphatic heterocycles. The maximum atomic E-state index is 8.88. The van der Waals surface area contributed by atoms with E-state index in [1.807, 2.05) is 18.2 Å².